The number of sulfone groups is 2. The van der Waals surface area contributed by atoms with Gasteiger partial charge in [0.1, 0.15) is 0 Å². The van der Waals surface area contributed by atoms with E-state index in [1.807, 2.05) is 37.4 Å². The van der Waals surface area contributed by atoms with E-state index in [0.717, 1.165) is 10.8 Å². The molecule has 148 valence electrons. The van der Waals surface area contributed by atoms with Crippen LogP contribution in [0.1, 0.15) is 18.4 Å². The van der Waals surface area contributed by atoms with Crippen LogP contribution in [-0.2, 0) is 19.7 Å². The molecule has 1 rings (SSSR count). The number of alkyl halides is 3. The summed E-state index contributed by atoms with van der Waals surface area (Å²) in [6.07, 6.45) is 1.73. The van der Waals surface area contributed by atoms with Crippen molar-refractivity contribution in [3.8, 4) is 0 Å². The SMILES string of the molecule is C=Cc1ccc([Si](C)(C)CCCC(S(C)(=O)=O)S(=O)(=O)C(F)(F)F)cc1. The van der Waals surface area contributed by atoms with Crippen LogP contribution < -0.4 is 5.19 Å². The molecule has 0 aliphatic carbocycles. The topological polar surface area (TPSA) is 68.3 Å². The molecular formula is C16H23F3O4S2Si. The first-order valence-electron chi connectivity index (χ1n) is 7.85. The Morgan fingerprint density at radius 2 is 1.62 bits per heavy atom. The van der Waals surface area contributed by atoms with Crippen molar-refractivity contribution in [3.63, 3.8) is 0 Å². The number of rotatable bonds is 8. The predicted molar refractivity (Wildman–Crippen MR) is 101 cm³/mol. The molecule has 1 atom stereocenters. The van der Waals surface area contributed by atoms with Gasteiger partial charge in [-0.15, -0.1) is 0 Å². The summed E-state index contributed by atoms with van der Waals surface area (Å²) >= 11 is 0. The van der Waals surface area contributed by atoms with Crippen LogP contribution in [0, 0.1) is 0 Å². The van der Waals surface area contributed by atoms with Gasteiger partial charge in [-0.1, -0.05) is 67.7 Å². The fourth-order valence-electron chi connectivity index (χ4n) is 2.67. The van der Waals surface area contributed by atoms with Gasteiger partial charge in [-0.3, -0.25) is 0 Å². The molecule has 0 fully saturated rings. The maximum absolute atomic E-state index is 12.8. The third-order valence-corrected chi connectivity index (χ3v) is 12.4. The summed E-state index contributed by atoms with van der Waals surface area (Å²) in [5.41, 5.74) is -4.65. The fourth-order valence-corrected chi connectivity index (χ4v) is 8.66. The number of hydrogen-bond donors (Lipinski definition) is 0. The largest absolute Gasteiger partial charge is 0.498 e. The Morgan fingerprint density at radius 1 is 1.12 bits per heavy atom. The van der Waals surface area contributed by atoms with Crippen LogP contribution in [-0.4, -0.2) is 41.3 Å². The average Bonchev–Trinajstić information content (AvgIpc) is 2.49. The highest BCUT2D eigenvalue weighted by Gasteiger charge is 2.54. The molecule has 1 aromatic rings. The molecule has 0 aliphatic heterocycles. The third kappa shape index (κ3) is 5.43. The molecule has 1 unspecified atom stereocenters. The van der Waals surface area contributed by atoms with Crippen molar-refractivity contribution in [1.29, 1.82) is 0 Å². The predicted octanol–water partition coefficient (Wildman–Crippen LogP) is 3.33. The van der Waals surface area contributed by atoms with E-state index in [2.05, 4.69) is 6.58 Å². The molecule has 0 heterocycles. The molecule has 1 aromatic carbocycles. The standard InChI is InChI=1S/C16H23F3O4S2Si/c1-5-13-8-10-14(11-9-13)26(3,4)12-6-7-15(24(2,20)21)25(22,23)16(17,18)19/h5,8-11,15H,1,6-7,12H2,2-4H3. The Bertz CT molecular complexity index is 842. The van der Waals surface area contributed by atoms with Gasteiger partial charge >= 0.3 is 5.51 Å². The van der Waals surface area contributed by atoms with E-state index >= 15 is 0 Å². The van der Waals surface area contributed by atoms with E-state index in [0.29, 0.717) is 12.3 Å². The molecular weight excluding hydrogens is 405 g/mol. The minimum atomic E-state index is -5.77. The minimum Gasteiger partial charge on any atom is -0.228 e. The zero-order chi connectivity index (χ0) is 20.4. The van der Waals surface area contributed by atoms with E-state index < -0.39 is 44.3 Å². The van der Waals surface area contributed by atoms with E-state index in [1.165, 1.54) is 0 Å². The van der Waals surface area contributed by atoms with Crippen molar-refractivity contribution in [2.45, 2.75) is 42.1 Å². The van der Waals surface area contributed by atoms with Gasteiger partial charge in [0.25, 0.3) is 9.84 Å². The zero-order valence-electron chi connectivity index (χ0n) is 14.9. The first-order chi connectivity index (χ1) is 11.6. The van der Waals surface area contributed by atoms with Crippen LogP contribution in [0.3, 0.4) is 0 Å². The molecule has 0 bridgehead atoms. The normalized spacial score (nSPS) is 14.8. The minimum absolute atomic E-state index is 0.0788. The number of hydrogen-bond acceptors (Lipinski definition) is 4. The molecule has 0 amide bonds. The summed E-state index contributed by atoms with van der Waals surface area (Å²) in [5, 5.41) is 1.05. The lowest BCUT2D eigenvalue weighted by molar-refractivity contribution is -0.0439. The molecule has 0 aliphatic rings. The van der Waals surface area contributed by atoms with Crippen molar-refractivity contribution in [2.75, 3.05) is 6.26 Å². The summed E-state index contributed by atoms with van der Waals surface area (Å²) in [7, 11) is -12.2. The molecule has 0 aromatic heterocycles. The molecule has 0 saturated carbocycles. The summed E-state index contributed by atoms with van der Waals surface area (Å²) in [6, 6.07) is 8.07. The second-order valence-electron chi connectivity index (χ2n) is 6.85. The highest BCUT2D eigenvalue weighted by molar-refractivity contribution is 8.09. The molecule has 4 nitrogen and oxygen atoms in total. The monoisotopic (exact) mass is 428 g/mol. The van der Waals surface area contributed by atoms with Crippen molar-refractivity contribution in [1.82, 2.24) is 0 Å². The summed E-state index contributed by atoms with van der Waals surface area (Å²) in [6.45, 7) is 7.67. The van der Waals surface area contributed by atoms with Gasteiger partial charge < -0.3 is 0 Å². The lowest BCUT2D eigenvalue weighted by Crippen LogP contribution is -2.42. The second kappa shape index (κ2) is 7.85. The fraction of sp³-hybridized carbons (Fsp3) is 0.500. The second-order valence-corrected chi connectivity index (χ2v) is 16.3. The van der Waals surface area contributed by atoms with E-state index in [4.69, 9.17) is 0 Å². The molecule has 0 radical (unpaired) electrons. The van der Waals surface area contributed by atoms with Crippen molar-refractivity contribution < 1.29 is 30.0 Å². The Kier molecular flexibility index (Phi) is 6.92. The van der Waals surface area contributed by atoms with Gasteiger partial charge in [0, 0.05) is 6.26 Å². The molecule has 26 heavy (non-hydrogen) atoms. The Hall–Kier alpha value is -1.13. The molecule has 0 N–H and O–H groups in total. The van der Waals surface area contributed by atoms with Crippen molar-refractivity contribution >= 4 is 39.0 Å². The van der Waals surface area contributed by atoms with Gasteiger partial charge in [0.15, 0.2) is 14.4 Å². The lowest BCUT2D eigenvalue weighted by atomic mass is 10.2. The van der Waals surface area contributed by atoms with E-state index in [-0.39, 0.29) is 6.42 Å². The number of benzene rings is 1. The third-order valence-electron chi connectivity index (χ3n) is 4.32. The summed E-state index contributed by atoms with van der Waals surface area (Å²) in [5.74, 6) is 0. The quantitative estimate of drug-likeness (QED) is 0.596. The van der Waals surface area contributed by atoms with Crippen molar-refractivity contribution in [3.05, 3.63) is 36.4 Å². The Morgan fingerprint density at radius 3 is 2.00 bits per heavy atom. The average molecular weight is 429 g/mol. The van der Waals surface area contributed by atoms with Gasteiger partial charge in [-0.2, -0.15) is 13.2 Å². The summed E-state index contributed by atoms with van der Waals surface area (Å²) < 4.78 is 82.3. The van der Waals surface area contributed by atoms with Crippen LogP contribution >= 0.6 is 0 Å². The first kappa shape index (κ1) is 22.9. The van der Waals surface area contributed by atoms with Gasteiger partial charge in [-0.05, 0) is 12.0 Å². The maximum Gasteiger partial charge on any atom is 0.498 e. The highest BCUT2D eigenvalue weighted by Crippen LogP contribution is 2.32. The van der Waals surface area contributed by atoms with Crippen LogP contribution in [0.25, 0.3) is 6.08 Å². The van der Waals surface area contributed by atoms with Crippen LogP contribution in [0.5, 0.6) is 0 Å². The van der Waals surface area contributed by atoms with E-state index in [1.54, 1.807) is 6.08 Å². The number of halogens is 3. The highest BCUT2D eigenvalue weighted by atomic mass is 32.3. The zero-order valence-corrected chi connectivity index (χ0v) is 17.5. The van der Waals surface area contributed by atoms with Gasteiger partial charge in [0.2, 0.25) is 0 Å². The van der Waals surface area contributed by atoms with Gasteiger partial charge in [0.05, 0.1) is 8.07 Å². The Balaban J connectivity index is 2.95. The van der Waals surface area contributed by atoms with Gasteiger partial charge in [-0.25, -0.2) is 16.8 Å². The van der Waals surface area contributed by atoms with Crippen molar-refractivity contribution in [2.24, 2.45) is 0 Å². The molecule has 10 heteroatoms. The van der Waals surface area contributed by atoms with Crippen LogP contribution in [0.2, 0.25) is 19.1 Å². The first-order valence-corrected chi connectivity index (χ1v) is 14.6. The smallest absolute Gasteiger partial charge is 0.228 e. The lowest BCUT2D eigenvalue weighted by Gasteiger charge is -2.24. The molecule has 0 spiro atoms. The summed E-state index contributed by atoms with van der Waals surface area (Å²) in [4.78, 5) is 0. The molecule has 0 saturated heterocycles. The van der Waals surface area contributed by atoms with E-state index in [9.17, 15) is 30.0 Å². The maximum atomic E-state index is 12.8. The Labute approximate surface area is 154 Å². The van der Waals surface area contributed by atoms with Crippen LogP contribution in [0.15, 0.2) is 30.8 Å². The van der Waals surface area contributed by atoms with Crippen LogP contribution in [0.4, 0.5) is 13.2 Å².